The van der Waals surface area contributed by atoms with Crippen LogP contribution in [0.5, 0.6) is 0 Å². The molecule has 0 spiro atoms. The van der Waals surface area contributed by atoms with Gasteiger partial charge in [0.05, 0.1) is 0 Å². The van der Waals surface area contributed by atoms with Crippen molar-refractivity contribution in [2.45, 2.75) is 32.8 Å². The highest BCUT2D eigenvalue weighted by molar-refractivity contribution is 5.72. The monoisotopic (exact) mass is 276 g/mol. The number of hydrogen-bond acceptors (Lipinski definition) is 4. The van der Waals surface area contributed by atoms with Gasteiger partial charge in [0, 0.05) is 12.7 Å². The van der Waals surface area contributed by atoms with Crippen molar-refractivity contribution in [3.8, 4) is 0 Å². The van der Waals surface area contributed by atoms with Gasteiger partial charge in [-0.15, -0.1) is 0 Å². The molecule has 1 amide bonds. The van der Waals surface area contributed by atoms with E-state index in [1.165, 1.54) is 0 Å². The van der Waals surface area contributed by atoms with E-state index in [2.05, 4.69) is 10.3 Å². The molecule has 0 fully saturated rings. The molecule has 1 aromatic heterocycles. The van der Waals surface area contributed by atoms with Crippen LogP contribution >= 0.6 is 0 Å². The summed E-state index contributed by atoms with van der Waals surface area (Å²) in [6.45, 7) is 5.97. The van der Waals surface area contributed by atoms with Crippen molar-refractivity contribution in [2.24, 2.45) is 0 Å². The largest absolute Gasteiger partial charge is 0.444 e. The second-order valence-electron chi connectivity index (χ2n) is 5.25. The van der Waals surface area contributed by atoms with Gasteiger partial charge in [-0.05, 0) is 38.8 Å². The Kier molecular flexibility index (Phi) is 5.90. The van der Waals surface area contributed by atoms with Crippen LogP contribution < -0.4 is 5.32 Å². The summed E-state index contributed by atoms with van der Waals surface area (Å²) in [4.78, 5) is 25.8. The summed E-state index contributed by atoms with van der Waals surface area (Å²) >= 11 is 0. The topological polar surface area (TPSA) is 68.3 Å². The molecule has 0 unspecified atom stereocenters. The van der Waals surface area contributed by atoms with Gasteiger partial charge in [0.1, 0.15) is 11.3 Å². The smallest absolute Gasteiger partial charge is 0.407 e. The average molecular weight is 276 g/mol. The SMILES string of the molecule is CC(C)(C)OC(=O)NCCC=Cc1ccc(C=O)nc1. The van der Waals surface area contributed by atoms with E-state index in [-0.39, 0.29) is 0 Å². The fourth-order valence-corrected chi connectivity index (χ4v) is 1.38. The lowest BCUT2D eigenvalue weighted by molar-refractivity contribution is 0.0528. The summed E-state index contributed by atoms with van der Waals surface area (Å²) in [7, 11) is 0. The van der Waals surface area contributed by atoms with Crippen LogP contribution in [-0.4, -0.2) is 29.5 Å². The quantitative estimate of drug-likeness (QED) is 0.663. The molecule has 0 bridgehead atoms. The van der Waals surface area contributed by atoms with Crippen molar-refractivity contribution in [3.05, 3.63) is 35.7 Å². The normalized spacial score (nSPS) is 11.3. The maximum atomic E-state index is 11.4. The van der Waals surface area contributed by atoms with Gasteiger partial charge in [0.25, 0.3) is 0 Å². The first-order chi connectivity index (χ1) is 9.40. The van der Waals surface area contributed by atoms with Crippen molar-refractivity contribution >= 4 is 18.5 Å². The Hall–Kier alpha value is -2.17. The fourth-order valence-electron chi connectivity index (χ4n) is 1.38. The lowest BCUT2D eigenvalue weighted by Gasteiger charge is -2.19. The summed E-state index contributed by atoms with van der Waals surface area (Å²) < 4.78 is 5.11. The second kappa shape index (κ2) is 7.43. The summed E-state index contributed by atoms with van der Waals surface area (Å²) in [5, 5.41) is 2.67. The molecule has 0 aliphatic rings. The van der Waals surface area contributed by atoms with Crippen LogP contribution in [0.25, 0.3) is 6.08 Å². The van der Waals surface area contributed by atoms with E-state index in [4.69, 9.17) is 4.74 Å². The van der Waals surface area contributed by atoms with Crippen LogP contribution in [0, 0.1) is 0 Å². The van der Waals surface area contributed by atoms with E-state index < -0.39 is 11.7 Å². The lowest BCUT2D eigenvalue weighted by Crippen LogP contribution is -2.32. The molecule has 5 heteroatoms. The molecule has 5 nitrogen and oxygen atoms in total. The molecule has 0 saturated heterocycles. The van der Waals surface area contributed by atoms with Gasteiger partial charge >= 0.3 is 6.09 Å². The summed E-state index contributed by atoms with van der Waals surface area (Å²) in [5.41, 5.74) is 0.841. The number of nitrogens with one attached hydrogen (secondary N) is 1. The van der Waals surface area contributed by atoms with Crippen molar-refractivity contribution in [1.82, 2.24) is 10.3 Å². The molecule has 0 saturated carbocycles. The van der Waals surface area contributed by atoms with Crippen LogP contribution in [-0.2, 0) is 4.74 Å². The Morgan fingerprint density at radius 1 is 1.40 bits per heavy atom. The predicted octanol–water partition coefficient (Wildman–Crippen LogP) is 2.82. The molecular weight excluding hydrogens is 256 g/mol. The minimum absolute atomic E-state index is 0.411. The van der Waals surface area contributed by atoms with Gasteiger partial charge in [-0.3, -0.25) is 9.78 Å². The van der Waals surface area contributed by atoms with Crippen molar-refractivity contribution < 1.29 is 14.3 Å². The predicted molar refractivity (Wildman–Crippen MR) is 77.5 cm³/mol. The van der Waals surface area contributed by atoms with Crippen molar-refractivity contribution in [3.63, 3.8) is 0 Å². The molecule has 108 valence electrons. The zero-order chi connectivity index (χ0) is 15.0. The average Bonchev–Trinajstić information content (AvgIpc) is 2.37. The van der Waals surface area contributed by atoms with E-state index in [9.17, 15) is 9.59 Å². The zero-order valence-corrected chi connectivity index (χ0v) is 12.1. The molecule has 0 aliphatic carbocycles. The van der Waals surface area contributed by atoms with Crippen LogP contribution in [0.2, 0.25) is 0 Å². The number of rotatable bonds is 5. The van der Waals surface area contributed by atoms with Gasteiger partial charge < -0.3 is 10.1 Å². The number of carbonyl (C=O) groups is 2. The Morgan fingerprint density at radius 3 is 2.70 bits per heavy atom. The first-order valence-corrected chi connectivity index (χ1v) is 6.45. The van der Waals surface area contributed by atoms with Gasteiger partial charge in [-0.2, -0.15) is 0 Å². The lowest BCUT2D eigenvalue weighted by atomic mass is 10.2. The molecule has 20 heavy (non-hydrogen) atoms. The maximum Gasteiger partial charge on any atom is 0.407 e. The first kappa shape index (κ1) is 15.9. The van der Waals surface area contributed by atoms with Gasteiger partial charge in [-0.25, -0.2) is 4.79 Å². The molecule has 1 rings (SSSR count). The van der Waals surface area contributed by atoms with Gasteiger partial charge in [-0.1, -0.05) is 18.2 Å². The standard InChI is InChI=1S/C15H20N2O3/c1-15(2,3)20-14(19)16-9-5-4-6-12-7-8-13(11-18)17-10-12/h4,6-8,10-11H,5,9H2,1-3H3,(H,16,19). The summed E-state index contributed by atoms with van der Waals surface area (Å²) in [6.07, 6.45) is 6.42. The number of aromatic nitrogens is 1. The number of pyridine rings is 1. The van der Waals surface area contributed by atoms with Gasteiger partial charge in [0.15, 0.2) is 6.29 Å². The Balaban J connectivity index is 2.28. The molecule has 1 aromatic rings. The minimum atomic E-state index is -0.480. The number of hydrogen-bond donors (Lipinski definition) is 1. The number of carbonyl (C=O) groups excluding carboxylic acids is 2. The van der Waals surface area contributed by atoms with E-state index in [0.717, 1.165) is 5.56 Å². The highest BCUT2D eigenvalue weighted by Gasteiger charge is 2.14. The molecule has 0 aromatic carbocycles. The minimum Gasteiger partial charge on any atom is -0.444 e. The summed E-state index contributed by atoms with van der Waals surface area (Å²) in [6, 6.07) is 3.47. The summed E-state index contributed by atoms with van der Waals surface area (Å²) in [5.74, 6) is 0. The zero-order valence-electron chi connectivity index (χ0n) is 12.1. The number of ether oxygens (including phenoxy) is 1. The Morgan fingerprint density at radius 2 is 2.15 bits per heavy atom. The van der Waals surface area contributed by atoms with E-state index in [0.29, 0.717) is 24.9 Å². The van der Waals surface area contributed by atoms with Crippen LogP contribution in [0.3, 0.4) is 0 Å². The molecule has 1 heterocycles. The third-order valence-electron chi connectivity index (χ3n) is 2.22. The number of alkyl carbamates (subject to hydrolysis) is 1. The highest BCUT2D eigenvalue weighted by atomic mass is 16.6. The van der Waals surface area contributed by atoms with E-state index in [1.807, 2.05) is 39.0 Å². The second-order valence-corrected chi connectivity index (χ2v) is 5.25. The van der Waals surface area contributed by atoms with E-state index in [1.54, 1.807) is 12.3 Å². The number of amides is 1. The highest BCUT2D eigenvalue weighted by Crippen LogP contribution is 2.06. The molecule has 1 N–H and O–H groups in total. The Labute approximate surface area is 119 Å². The molecule has 0 radical (unpaired) electrons. The fraction of sp³-hybridized carbons (Fsp3) is 0.400. The molecule has 0 atom stereocenters. The Bertz CT molecular complexity index is 473. The third-order valence-corrected chi connectivity index (χ3v) is 2.22. The van der Waals surface area contributed by atoms with E-state index >= 15 is 0 Å². The van der Waals surface area contributed by atoms with Crippen LogP contribution in [0.15, 0.2) is 24.4 Å². The van der Waals surface area contributed by atoms with Gasteiger partial charge in [0.2, 0.25) is 0 Å². The van der Waals surface area contributed by atoms with Crippen LogP contribution in [0.1, 0.15) is 43.2 Å². The van der Waals surface area contributed by atoms with Crippen molar-refractivity contribution in [1.29, 1.82) is 0 Å². The van der Waals surface area contributed by atoms with Crippen LogP contribution in [0.4, 0.5) is 4.79 Å². The van der Waals surface area contributed by atoms with Crippen molar-refractivity contribution in [2.75, 3.05) is 6.54 Å². The third kappa shape index (κ3) is 6.68. The number of aldehydes is 1. The first-order valence-electron chi connectivity index (χ1n) is 6.45. The maximum absolute atomic E-state index is 11.4. The number of nitrogens with zero attached hydrogens (tertiary/aromatic N) is 1. The molecular formula is C15H20N2O3. The molecule has 0 aliphatic heterocycles.